The van der Waals surface area contributed by atoms with Crippen LogP contribution in [0.25, 0.3) is 11.2 Å². The first-order valence-corrected chi connectivity index (χ1v) is 6.21. The number of carbonyl (C=O) groups excluding carboxylic acids is 1. The van der Waals surface area contributed by atoms with Gasteiger partial charge in [-0.2, -0.15) is 0 Å². The second-order valence-electron chi connectivity index (χ2n) is 3.20. The fourth-order valence-corrected chi connectivity index (χ4v) is 2.47. The van der Waals surface area contributed by atoms with E-state index in [2.05, 4.69) is 9.97 Å². The Morgan fingerprint density at radius 3 is 2.88 bits per heavy atom. The predicted octanol–water partition coefficient (Wildman–Crippen LogP) is -1.08. The summed E-state index contributed by atoms with van der Waals surface area (Å²) in [6.45, 7) is 0. The van der Waals surface area contributed by atoms with E-state index >= 15 is 0 Å². The van der Waals surface area contributed by atoms with Gasteiger partial charge in [0.15, 0.2) is 0 Å². The van der Waals surface area contributed by atoms with Crippen LogP contribution in [0.1, 0.15) is 10.4 Å². The lowest BCUT2D eigenvalue weighted by atomic mass is 10.3. The van der Waals surface area contributed by atoms with Crippen molar-refractivity contribution < 1.29 is 4.79 Å². The van der Waals surface area contributed by atoms with E-state index in [-0.39, 0.29) is 26.8 Å². The zero-order valence-electron chi connectivity index (χ0n) is 8.52. The van der Waals surface area contributed by atoms with Gasteiger partial charge in [0.2, 0.25) is 0 Å². The number of carbonyl (C=O) groups is 1. The maximum Gasteiger partial charge on any atom is 0.379 e. The number of aromatic nitrogens is 3. The normalized spacial score (nSPS) is 10.6. The molecule has 0 fully saturated rings. The number of hydrogen-bond acceptors (Lipinski definition) is 4. The minimum atomic E-state index is -0.669. The molecular weight excluding hydrogens is 225 g/mol. The zero-order chi connectivity index (χ0) is 11.9. The number of nitrogens with two attached hydrogens (primary N) is 2. The molecule has 1 amide bonds. The maximum absolute atomic E-state index is 11.3. The highest BCUT2D eigenvalue weighted by Gasteiger charge is 2.19. The van der Waals surface area contributed by atoms with Gasteiger partial charge in [-0.25, -0.2) is 4.98 Å². The molecule has 0 aliphatic carbocycles. The topological polar surface area (TPSA) is 120 Å². The number of primary amides is 1. The Balaban J connectivity index is 2.98. The molecule has 0 bridgehead atoms. The van der Waals surface area contributed by atoms with Crippen LogP contribution in [0.4, 0.5) is 5.82 Å². The smallest absolute Gasteiger partial charge is 0.379 e. The minimum absolute atomic E-state index is 0.134. The van der Waals surface area contributed by atoms with Crippen LogP contribution in [0.2, 0.25) is 5.79 Å². The van der Waals surface area contributed by atoms with E-state index in [9.17, 15) is 9.59 Å². The average molecular weight is 234 g/mol. The summed E-state index contributed by atoms with van der Waals surface area (Å²) in [5.74, 6) is 1.53. The van der Waals surface area contributed by atoms with Gasteiger partial charge in [-0.05, 0) is 0 Å². The molecule has 0 saturated heterocycles. The molecule has 2 aromatic heterocycles. The van der Waals surface area contributed by atoms with E-state index in [1.165, 1.54) is 0 Å². The monoisotopic (exact) mass is 234 g/mol. The van der Waals surface area contributed by atoms with Gasteiger partial charge in [0, 0.05) is 0 Å². The van der Waals surface area contributed by atoms with E-state index in [1.54, 1.807) is 3.55 Å². The van der Waals surface area contributed by atoms with Crippen LogP contribution in [0.15, 0.2) is 11.0 Å². The summed E-state index contributed by atoms with van der Waals surface area (Å²) in [6.07, 6.45) is 1.15. The second-order valence-corrected chi connectivity index (χ2v) is 4.23. The molecule has 0 atom stereocenters. The summed E-state index contributed by atoms with van der Waals surface area (Å²) < 4.78 is 1.70. The Morgan fingerprint density at radius 1 is 1.62 bits per heavy atom. The molecule has 0 aliphatic heterocycles. The second kappa shape index (κ2) is 3.66. The third-order valence-corrected chi connectivity index (χ3v) is 3.31. The third kappa shape index (κ3) is 1.39. The van der Waals surface area contributed by atoms with Crippen LogP contribution in [-0.4, -0.2) is 34.9 Å². The number of aromatic amines is 1. The van der Waals surface area contributed by atoms with Crippen molar-refractivity contribution in [2.75, 3.05) is 5.73 Å². The van der Waals surface area contributed by atoms with Crippen LogP contribution >= 0.6 is 0 Å². The number of nitrogens with zero attached hydrogens (tertiary/aromatic N) is 2. The number of amides is 1. The fraction of sp³-hybridized carbons (Fsp3) is 0.125. The van der Waals surface area contributed by atoms with E-state index in [1.807, 2.05) is 5.79 Å². The molecule has 1 radical (unpaired) electrons. The van der Waals surface area contributed by atoms with E-state index in [4.69, 9.17) is 11.5 Å². The molecule has 5 N–H and O–H groups in total. The first kappa shape index (κ1) is 10.7. The summed E-state index contributed by atoms with van der Waals surface area (Å²) in [6, 6.07) is 0. The van der Waals surface area contributed by atoms with Crippen molar-refractivity contribution in [3.63, 3.8) is 0 Å². The van der Waals surface area contributed by atoms with Gasteiger partial charge < -0.3 is 20.0 Å². The van der Waals surface area contributed by atoms with Crippen LogP contribution in [0.3, 0.4) is 0 Å². The number of nitrogens with one attached hydrogen (secondary N) is 1. The number of H-pyrrole nitrogens is 1. The number of rotatable bonds is 2. The Bertz CT molecular complexity index is 629. The van der Waals surface area contributed by atoms with Crippen molar-refractivity contribution in [1.29, 1.82) is 0 Å². The van der Waals surface area contributed by atoms with Crippen molar-refractivity contribution in [2.24, 2.45) is 5.73 Å². The predicted molar refractivity (Wildman–Crippen MR) is 60.3 cm³/mol. The minimum Gasteiger partial charge on any atom is -0.413 e. The molecule has 2 aromatic rings. The Hall–Kier alpha value is -1.78. The largest absolute Gasteiger partial charge is 0.413 e. The standard InChI is InChI=1S/C7H7N5O2.CH3.Al/c8-5-3(6(9)14)4-7(12-5)10-1-2(13)11-4;;/h1H,(H6,8,9,10,11,12,13,14);1H3;/q;;+1/p-1. The van der Waals surface area contributed by atoms with Crippen molar-refractivity contribution in [2.45, 2.75) is 5.79 Å². The van der Waals surface area contributed by atoms with Crippen LogP contribution in [-0.2, 0) is 0 Å². The van der Waals surface area contributed by atoms with Crippen molar-refractivity contribution in [3.8, 4) is 0 Å². The molecule has 0 saturated carbocycles. The van der Waals surface area contributed by atoms with Gasteiger partial charge in [0.25, 0.3) is 11.5 Å². The molecular formula is C8H9AlN5O2. The molecule has 0 aliphatic rings. The molecule has 0 spiro atoms. The first-order chi connectivity index (χ1) is 7.56. The fourth-order valence-electron chi connectivity index (χ4n) is 1.63. The highest BCUT2D eigenvalue weighted by Crippen LogP contribution is 2.22. The summed E-state index contributed by atoms with van der Waals surface area (Å²) in [7, 11) is 0. The number of fused-ring (bicyclic) bond motifs is 1. The lowest BCUT2D eigenvalue weighted by molar-refractivity contribution is 0.100. The lowest BCUT2D eigenvalue weighted by Crippen LogP contribution is -2.15. The summed E-state index contributed by atoms with van der Waals surface area (Å²) in [5, 5.41) is 0. The number of hydrogen-bond donors (Lipinski definition) is 3. The summed E-state index contributed by atoms with van der Waals surface area (Å²) >= 11 is -0.196. The van der Waals surface area contributed by atoms with Crippen molar-refractivity contribution in [3.05, 3.63) is 22.1 Å². The summed E-state index contributed by atoms with van der Waals surface area (Å²) in [4.78, 5) is 28.9. The first-order valence-electron chi connectivity index (χ1n) is 4.54. The van der Waals surface area contributed by atoms with E-state index in [0.29, 0.717) is 11.2 Å². The van der Waals surface area contributed by atoms with Gasteiger partial charge in [-0.3, -0.25) is 9.59 Å². The SMILES string of the molecule is [CH3][Al][n]1c(N)c(C(N)=O)c2[nH]c(=O)cnc21. The van der Waals surface area contributed by atoms with Crippen LogP contribution in [0.5, 0.6) is 0 Å². The van der Waals surface area contributed by atoms with Crippen molar-refractivity contribution >= 4 is 38.3 Å². The Morgan fingerprint density at radius 2 is 2.31 bits per heavy atom. The van der Waals surface area contributed by atoms with E-state index < -0.39 is 11.5 Å². The van der Waals surface area contributed by atoms with Gasteiger partial charge in [-0.15, -0.1) is 0 Å². The Labute approximate surface area is 96.4 Å². The molecule has 2 rings (SSSR count). The van der Waals surface area contributed by atoms with Gasteiger partial charge in [-0.1, -0.05) is 5.79 Å². The molecule has 0 aromatic carbocycles. The average Bonchev–Trinajstić information content (AvgIpc) is 2.48. The highest BCUT2D eigenvalue weighted by atomic mass is 27.1. The molecule has 8 heteroatoms. The number of anilines is 1. The quantitative estimate of drug-likeness (QED) is 0.572. The third-order valence-electron chi connectivity index (χ3n) is 2.27. The molecule has 0 unspecified atom stereocenters. The van der Waals surface area contributed by atoms with Gasteiger partial charge >= 0.3 is 15.4 Å². The molecule has 81 valence electrons. The summed E-state index contributed by atoms with van der Waals surface area (Å²) in [5.41, 5.74) is 11.6. The number of nitrogen functional groups attached to an aromatic ring is 1. The van der Waals surface area contributed by atoms with E-state index in [0.717, 1.165) is 6.20 Å². The maximum atomic E-state index is 11.3. The molecule has 7 nitrogen and oxygen atoms in total. The zero-order valence-corrected chi connectivity index (χ0v) is 9.68. The van der Waals surface area contributed by atoms with Gasteiger partial charge in [0.1, 0.15) is 11.2 Å². The highest BCUT2D eigenvalue weighted by molar-refractivity contribution is 6.35. The van der Waals surface area contributed by atoms with Crippen LogP contribution in [0, 0.1) is 0 Å². The van der Waals surface area contributed by atoms with Gasteiger partial charge in [0.05, 0.1) is 17.5 Å². The van der Waals surface area contributed by atoms with Crippen LogP contribution < -0.4 is 17.0 Å². The molecule has 16 heavy (non-hydrogen) atoms. The van der Waals surface area contributed by atoms with Crippen molar-refractivity contribution in [1.82, 2.24) is 13.5 Å². The lowest BCUT2D eigenvalue weighted by Gasteiger charge is -2.01. The Kier molecular flexibility index (Phi) is 2.46. The molecule has 2 heterocycles.